The van der Waals surface area contributed by atoms with Crippen molar-refractivity contribution in [1.82, 2.24) is 14.2 Å². The van der Waals surface area contributed by atoms with Gasteiger partial charge in [-0.15, -0.1) is 0 Å². The molecular formula is C40H39ClN4O3. The van der Waals surface area contributed by atoms with Gasteiger partial charge in [-0.25, -0.2) is 4.98 Å². The van der Waals surface area contributed by atoms with Gasteiger partial charge in [0.05, 0.1) is 23.7 Å². The van der Waals surface area contributed by atoms with Crippen molar-refractivity contribution in [1.29, 1.82) is 0 Å². The van der Waals surface area contributed by atoms with Gasteiger partial charge in [0, 0.05) is 33.2 Å². The van der Waals surface area contributed by atoms with Gasteiger partial charge >= 0.3 is 0 Å². The number of aromatic nitrogens is 3. The normalized spacial score (nSPS) is 11.6. The van der Waals surface area contributed by atoms with Crippen LogP contribution in [0.15, 0.2) is 101 Å². The van der Waals surface area contributed by atoms with E-state index >= 15 is 0 Å². The van der Waals surface area contributed by atoms with Gasteiger partial charge in [-0.3, -0.25) is 4.79 Å². The lowest BCUT2D eigenvalue weighted by Crippen LogP contribution is -2.21. The van der Waals surface area contributed by atoms with Crippen LogP contribution in [0.1, 0.15) is 60.3 Å². The molecule has 0 fully saturated rings. The Morgan fingerprint density at radius 3 is 2.35 bits per heavy atom. The molecule has 0 bridgehead atoms. The molecule has 8 heteroatoms. The second kappa shape index (κ2) is 13.9. The summed E-state index contributed by atoms with van der Waals surface area (Å²) < 4.78 is 15.6. The van der Waals surface area contributed by atoms with Gasteiger partial charge in [-0.2, -0.15) is 9.78 Å². The maximum absolute atomic E-state index is 14.0. The number of nitrogens with zero attached hydrogens (tertiary/aromatic N) is 4. The number of rotatable bonds is 10. The van der Waals surface area contributed by atoms with Crippen LogP contribution in [0.25, 0.3) is 28.0 Å². The minimum Gasteiger partial charge on any atom is -0.494 e. The van der Waals surface area contributed by atoms with Crippen molar-refractivity contribution < 1.29 is 9.47 Å². The van der Waals surface area contributed by atoms with Gasteiger partial charge in [-0.05, 0) is 117 Å². The Hall–Kier alpha value is -5.14. The number of para-hydroxylation sites is 1. The lowest BCUT2D eigenvalue weighted by atomic mass is 9.96. The van der Waals surface area contributed by atoms with Crippen LogP contribution in [0.3, 0.4) is 0 Å². The molecule has 48 heavy (non-hydrogen) atoms. The summed E-state index contributed by atoms with van der Waals surface area (Å²) in [5.74, 6) is 2.32. The van der Waals surface area contributed by atoms with Crippen LogP contribution >= 0.6 is 11.6 Å². The van der Waals surface area contributed by atoms with Crippen LogP contribution in [0.2, 0.25) is 5.02 Å². The zero-order valence-electron chi connectivity index (χ0n) is 28.1. The zero-order chi connectivity index (χ0) is 33.9. The summed E-state index contributed by atoms with van der Waals surface area (Å²) in [6.45, 7) is 13.4. The van der Waals surface area contributed by atoms with Crippen molar-refractivity contribution in [3.8, 4) is 28.6 Å². The highest BCUT2D eigenvalue weighted by molar-refractivity contribution is 6.30. The molecule has 2 heterocycles. The molecule has 2 aromatic heterocycles. The average molecular weight is 659 g/mol. The first-order valence-electron chi connectivity index (χ1n) is 16.1. The Morgan fingerprint density at radius 2 is 1.65 bits per heavy atom. The fraction of sp³-hybridized carbons (Fsp3) is 0.225. The predicted octanol–water partition coefficient (Wildman–Crippen LogP) is 9.42. The molecule has 4 aromatic carbocycles. The number of halogens is 1. The third kappa shape index (κ3) is 6.64. The van der Waals surface area contributed by atoms with Crippen LogP contribution in [0, 0.1) is 20.8 Å². The van der Waals surface area contributed by atoms with Gasteiger partial charge in [0.2, 0.25) is 0 Å². The molecule has 6 rings (SSSR count). The monoisotopic (exact) mass is 658 g/mol. The van der Waals surface area contributed by atoms with E-state index in [-0.39, 0.29) is 11.5 Å². The van der Waals surface area contributed by atoms with Crippen molar-refractivity contribution >= 4 is 28.7 Å². The summed E-state index contributed by atoms with van der Waals surface area (Å²) in [5, 5.41) is 6.01. The van der Waals surface area contributed by atoms with Gasteiger partial charge in [0.15, 0.2) is 5.82 Å². The first-order chi connectivity index (χ1) is 23.1. The number of hydrogen-bond donors (Lipinski definition) is 0. The smallest absolute Gasteiger partial charge is 0.282 e. The minimum atomic E-state index is -0.228. The lowest BCUT2D eigenvalue weighted by Gasteiger charge is -2.18. The van der Waals surface area contributed by atoms with E-state index < -0.39 is 0 Å². The summed E-state index contributed by atoms with van der Waals surface area (Å²) in [6.07, 6.45) is 1.75. The summed E-state index contributed by atoms with van der Waals surface area (Å²) >= 11 is 6.00. The van der Waals surface area contributed by atoms with E-state index in [0.717, 1.165) is 56.4 Å². The van der Waals surface area contributed by atoms with Crippen LogP contribution in [0.4, 0.5) is 0 Å². The van der Waals surface area contributed by atoms with E-state index in [9.17, 15) is 4.79 Å². The average Bonchev–Trinajstić information content (AvgIpc) is 3.36. The maximum Gasteiger partial charge on any atom is 0.282 e. The van der Waals surface area contributed by atoms with E-state index in [1.807, 2.05) is 93.6 Å². The molecule has 0 N–H and O–H groups in total. The Kier molecular flexibility index (Phi) is 9.51. The van der Waals surface area contributed by atoms with Crippen molar-refractivity contribution in [3.05, 3.63) is 140 Å². The maximum atomic E-state index is 14.0. The predicted molar refractivity (Wildman–Crippen MR) is 195 cm³/mol. The van der Waals surface area contributed by atoms with Crippen molar-refractivity contribution in [2.45, 2.75) is 54.1 Å². The van der Waals surface area contributed by atoms with Crippen molar-refractivity contribution in [2.24, 2.45) is 5.10 Å². The molecule has 0 saturated carbocycles. The Bertz CT molecular complexity index is 2180. The number of benzene rings is 4. The van der Waals surface area contributed by atoms with Gasteiger partial charge in [-0.1, -0.05) is 49.7 Å². The minimum absolute atomic E-state index is 0.213. The van der Waals surface area contributed by atoms with E-state index in [1.54, 1.807) is 12.3 Å². The second-order valence-corrected chi connectivity index (χ2v) is 12.6. The Balaban J connectivity index is 1.36. The van der Waals surface area contributed by atoms with Crippen molar-refractivity contribution in [2.75, 3.05) is 6.61 Å². The molecule has 0 atom stereocenters. The quantitative estimate of drug-likeness (QED) is 0.138. The van der Waals surface area contributed by atoms with Gasteiger partial charge in [0.25, 0.3) is 5.56 Å². The molecule has 0 spiro atoms. The third-order valence-corrected chi connectivity index (χ3v) is 8.72. The number of aryl methyl sites for hydroxylation is 2. The molecule has 0 aliphatic rings. The molecular weight excluding hydrogens is 620 g/mol. The van der Waals surface area contributed by atoms with Crippen LogP contribution in [-0.2, 0) is 6.61 Å². The highest BCUT2D eigenvalue weighted by Gasteiger charge is 2.19. The molecule has 0 aliphatic carbocycles. The SMILES string of the molecule is CCOc1cc(C)c(-c2nc3ccccc3c(=O)n2N=Cc2cc(C)n(-c3ccc(OCc4ccc(Cl)cc4)cc3)c2C)cc1C(C)C. The Labute approximate surface area is 286 Å². The molecule has 0 aliphatic heterocycles. The van der Waals surface area contributed by atoms with Crippen LogP contribution < -0.4 is 15.0 Å². The molecule has 0 radical (unpaired) electrons. The fourth-order valence-corrected chi connectivity index (χ4v) is 6.08. The highest BCUT2D eigenvalue weighted by Crippen LogP contribution is 2.34. The van der Waals surface area contributed by atoms with E-state index in [2.05, 4.69) is 37.5 Å². The molecule has 7 nitrogen and oxygen atoms in total. The number of ether oxygens (including phenoxy) is 2. The first-order valence-corrected chi connectivity index (χ1v) is 16.5. The number of fused-ring (bicyclic) bond motifs is 1. The summed E-state index contributed by atoms with van der Waals surface area (Å²) in [5.41, 5.74) is 8.22. The topological polar surface area (TPSA) is 70.6 Å². The van der Waals surface area contributed by atoms with Gasteiger partial charge < -0.3 is 14.0 Å². The molecule has 6 aromatic rings. The van der Waals surface area contributed by atoms with Crippen molar-refractivity contribution in [3.63, 3.8) is 0 Å². The summed E-state index contributed by atoms with van der Waals surface area (Å²) in [4.78, 5) is 19.0. The van der Waals surface area contributed by atoms with E-state index in [0.29, 0.717) is 35.0 Å². The molecule has 244 valence electrons. The van der Waals surface area contributed by atoms with E-state index in [1.165, 1.54) is 4.68 Å². The van der Waals surface area contributed by atoms with Gasteiger partial charge in [0.1, 0.15) is 18.1 Å². The molecule has 0 unspecified atom stereocenters. The first kappa shape index (κ1) is 32.8. The standard InChI is InChI=1S/C40H39ClN4O3/c1-7-47-38-20-26(4)36(22-35(38)25(2)3)39-43-37-11-9-8-10-34(37)40(46)45(39)42-23-30-21-27(5)44(28(30)6)32-16-18-33(19-17-32)48-24-29-12-14-31(41)15-13-29/h8-23,25H,7,24H2,1-6H3. The second-order valence-electron chi connectivity index (χ2n) is 12.2. The molecule has 0 amide bonds. The van der Waals surface area contributed by atoms with E-state index in [4.69, 9.17) is 31.2 Å². The largest absolute Gasteiger partial charge is 0.494 e. The summed E-state index contributed by atoms with van der Waals surface area (Å²) in [6, 6.07) is 29.2. The lowest BCUT2D eigenvalue weighted by molar-refractivity contribution is 0.306. The zero-order valence-corrected chi connectivity index (χ0v) is 28.9. The summed E-state index contributed by atoms with van der Waals surface area (Å²) in [7, 11) is 0. The molecule has 0 saturated heterocycles. The fourth-order valence-electron chi connectivity index (χ4n) is 5.95. The van der Waals surface area contributed by atoms with Crippen LogP contribution in [-0.4, -0.2) is 27.0 Å². The third-order valence-electron chi connectivity index (χ3n) is 8.47. The Morgan fingerprint density at radius 1 is 0.917 bits per heavy atom. The highest BCUT2D eigenvalue weighted by atomic mass is 35.5. The van der Waals surface area contributed by atoms with Crippen LogP contribution in [0.5, 0.6) is 11.5 Å². The number of hydrogen-bond acceptors (Lipinski definition) is 5.